The van der Waals surface area contributed by atoms with Gasteiger partial charge in [-0.05, 0) is 35.0 Å². The van der Waals surface area contributed by atoms with Crippen molar-refractivity contribution in [2.75, 3.05) is 5.32 Å². The fourth-order valence-corrected chi connectivity index (χ4v) is 4.32. The molecular weight excluding hydrogens is 347 g/mol. The zero-order valence-electron chi connectivity index (χ0n) is 15.4. The molecule has 2 aromatic carbocycles. The molecule has 0 aliphatic rings. The molecular formula is C19H23FN4OSi. The molecule has 1 atom stereocenters. The summed E-state index contributed by atoms with van der Waals surface area (Å²) in [6.07, 6.45) is 1.73. The molecule has 0 saturated heterocycles. The largest absolute Gasteiger partial charge is 0.324 e. The third-order valence-electron chi connectivity index (χ3n) is 4.46. The Hall–Kier alpha value is -2.51. The van der Waals surface area contributed by atoms with E-state index in [1.807, 2.05) is 25.2 Å². The molecule has 0 bridgehead atoms. The van der Waals surface area contributed by atoms with E-state index in [1.54, 1.807) is 23.0 Å². The molecule has 1 heterocycles. The highest BCUT2D eigenvalue weighted by molar-refractivity contribution is 6.88. The molecule has 0 aliphatic heterocycles. The number of nitrogens with zero attached hydrogens (tertiary/aromatic N) is 2. The molecule has 1 aromatic heterocycles. The van der Waals surface area contributed by atoms with Crippen molar-refractivity contribution in [3.8, 4) is 0 Å². The zero-order chi connectivity index (χ0) is 19.1. The van der Waals surface area contributed by atoms with Crippen LogP contribution in [0, 0.1) is 5.82 Å². The number of nitrogens with one attached hydrogen (secondary N) is 1. The number of carbonyl (C=O) groups excluding carboxylic acids is 1. The van der Waals surface area contributed by atoms with E-state index in [0.29, 0.717) is 11.3 Å². The summed E-state index contributed by atoms with van der Waals surface area (Å²) in [5, 5.41) is 8.54. The van der Waals surface area contributed by atoms with Gasteiger partial charge in [-0.1, -0.05) is 31.8 Å². The maximum Gasteiger partial charge on any atom is 0.245 e. The maximum absolute atomic E-state index is 14.3. The second kappa shape index (κ2) is 6.66. The Kier molecular flexibility index (Phi) is 4.68. The molecule has 3 aromatic rings. The molecule has 0 saturated carbocycles. The van der Waals surface area contributed by atoms with Crippen LogP contribution in [0.2, 0.25) is 19.6 Å². The first-order chi connectivity index (χ1) is 12.2. The molecule has 0 aliphatic carbocycles. The predicted molar refractivity (Wildman–Crippen MR) is 106 cm³/mol. The molecule has 3 rings (SSSR count). The van der Waals surface area contributed by atoms with Crippen LogP contribution in [0.4, 0.5) is 10.1 Å². The Morgan fingerprint density at radius 3 is 2.62 bits per heavy atom. The van der Waals surface area contributed by atoms with Gasteiger partial charge in [-0.15, -0.1) is 0 Å². The normalized spacial score (nSPS) is 13.0. The standard InChI is InChI=1S/C19H23FN4OSi/c1-24-16-7-5-12(9-13(16)11-22-24)18(21)19(25)23-14-6-8-17(15(20)10-14)26(2,3)4/h5-11,18H,21H2,1-4H3,(H,23,25)/t18-/m1/s1. The predicted octanol–water partition coefficient (Wildman–Crippen LogP) is 2.90. The SMILES string of the molecule is Cn1ncc2cc([C@@H](N)C(=O)Nc3ccc([Si](C)(C)C)c(F)c3)ccc21. The van der Waals surface area contributed by atoms with Crippen molar-refractivity contribution >= 4 is 35.8 Å². The van der Waals surface area contributed by atoms with Gasteiger partial charge in [-0.2, -0.15) is 5.10 Å². The van der Waals surface area contributed by atoms with Gasteiger partial charge in [-0.3, -0.25) is 9.48 Å². The van der Waals surface area contributed by atoms with Crippen molar-refractivity contribution in [1.29, 1.82) is 0 Å². The summed E-state index contributed by atoms with van der Waals surface area (Å²) >= 11 is 0. The second-order valence-corrected chi connectivity index (χ2v) is 12.5. The average Bonchev–Trinajstić information content (AvgIpc) is 2.93. The van der Waals surface area contributed by atoms with Crippen LogP contribution in [0.15, 0.2) is 42.6 Å². The summed E-state index contributed by atoms with van der Waals surface area (Å²) in [6.45, 7) is 6.23. The Labute approximate surface area is 153 Å². The number of amides is 1. The third-order valence-corrected chi connectivity index (χ3v) is 6.48. The van der Waals surface area contributed by atoms with Gasteiger partial charge in [0.15, 0.2) is 0 Å². The van der Waals surface area contributed by atoms with E-state index >= 15 is 0 Å². The van der Waals surface area contributed by atoms with Gasteiger partial charge in [0.1, 0.15) is 11.9 Å². The quantitative estimate of drug-likeness (QED) is 0.694. The number of benzene rings is 2. The minimum atomic E-state index is -1.76. The number of nitrogens with two attached hydrogens (primary N) is 1. The van der Waals surface area contributed by atoms with E-state index < -0.39 is 14.1 Å². The number of rotatable bonds is 4. The first kappa shape index (κ1) is 18.3. The highest BCUT2D eigenvalue weighted by Crippen LogP contribution is 2.20. The topological polar surface area (TPSA) is 72.9 Å². The van der Waals surface area contributed by atoms with Crippen molar-refractivity contribution in [2.24, 2.45) is 12.8 Å². The maximum atomic E-state index is 14.3. The minimum absolute atomic E-state index is 0.285. The smallest absolute Gasteiger partial charge is 0.245 e. The van der Waals surface area contributed by atoms with Crippen LogP contribution in [0.3, 0.4) is 0 Å². The number of fused-ring (bicyclic) bond motifs is 1. The zero-order valence-corrected chi connectivity index (χ0v) is 16.4. The van der Waals surface area contributed by atoms with Crippen molar-refractivity contribution in [3.05, 3.63) is 54.0 Å². The highest BCUT2D eigenvalue weighted by Gasteiger charge is 2.22. The number of anilines is 1. The van der Waals surface area contributed by atoms with Gasteiger partial charge in [0.25, 0.3) is 0 Å². The fraction of sp³-hybridized carbons (Fsp3) is 0.263. The molecule has 0 unspecified atom stereocenters. The van der Waals surface area contributed by atoms with Gasteiger partial charge in [0.2, 0.25) is 5.91 Å². The summed E-state index contributed by atoms with van der Waals surface area (Å²) < 4.78 is 16.1. The van der Waals surface area contributed by atoms with Crippen LogP contribution in [-0.4, -0.2) is 23.8 Å². The van der Waals surface area contributed by atoms with Gasteiger partial charge in [0, 0.05) is 18.1 Å². The van der Waals surface area contributed by atoms with Crippen LogP contribution < -0.4 is 16.2 Å². The number of aromatic nitrogens is 2. The number of hydrogen-bond donors (Lipinski definition) is 2. The van der Waals surface area contributed by atoms with E-state index in [1.165, 1.54) is 6.07 Å². The lowest BCUT2D eigenvalue weighted by molar-refractivity contribution is -0.117. The Balaban J connectivity index is 1.79. The summed E-state index contributed by atoms with van der Waals surface area (Å²) in [5.41, 5.74) is 8.15. The number of aryl methyl sites for hydroxylation is 1. The molecule has 7 heteroatoms. The number of carbonyl (C=O) groups is 1. The summed E-state index contributed by atoms with van der Waals surface area (Å²) in [4.78, 5) is 12.5. The molecule has 26 heavy (non-hydrogen) atoms. The molecule has 0 fully saturated rings. The first-order valence-electron chi connectivity index (χ1n) is 8.45. The van der Waals surface area contributed by atoms with Crippen LogP contribution in [0.25, 0.3) is 10.9 Å². The van der Waals surface area contributed by atoms with Gasteiger partial charge < -0.3 is 11.1 Å². The third kappa shape index (κ3) is 3.54. The molecule has 3 N–H and O–H groups in total. The van der Waals surface area contributed by atoms with Gasteiger partial charge >= 0.3 is 0 Å². The summed E-state index contributed by atoms with van der Waals surface area (Å²) in [6, 6.07) is 9.54. The monoisotopic (exact) mass is 370 g/mol. The number of halogens is 1. The number of hydrogen-bond acceptors (Lipinski definition) is 3. The molecule has 5 nitrogen and oxygen atoms in total. The summed E-state index contributed by atoms with van der Waals surface area (Å²) in [7, 11) is 0.0948. The fourth-order valence-electron chi connectivity index (χ4n) is 2.95. The lowest BCUT2D eigenvalue weighted by atomic mass is 10.0. The lowest BCUT2D eigenvalue weighted by Gasteiger charge is -2.19. The Bertz CT molecular complexity index is 977. The van der Waals surface area contributed by atoms with Crippen LogP contribution >= 0.6 is 0 Å². The van der Waals surface area contributed by atoms with Gasteiger partial charge in [0.05, 0.1) is 19.8 Å². The van der Waals surface area contributed by atoms with E-state index in [2.05, 4.69) is 30.1 Å². The average molecular weight is 371 g/mol. The first-order valence-corrected chi connectivity index (χ1v) is 11.9. The molecule has 1 amide bonds. The second-order valence-electron chi connectivity index (χ2n) is 7.50. The van der Waals surface area contributed by atoms with E-state index in [-0.39, 0.29) is 11.7 Å². The van der Waals surface area contributed by atoms with Crippen molar-refractivity contribution < 1.29 is 9.18 Å². The molecule has 0 radical (unpaired) electrons. The highest BCUT2D eigenvalue weighted by atomic mass is 28.3. The Morgan fingerprint density at radius 2 is 1.96 bits per heavy atom. The van der Waals surface area contributed by atoms with Crippen LogP contribution in [0.5, 0.6) is 0 Å². The van der Waals surface area contributed by atoms with Crippen LogP contribution in [-0.2, 0) is 11.8 Å². The van der Waals surface area contributed by atoms with Gasteiger partial charge in [-0.25, -0.2) is 4.39 Å². The van der Waals surface area contributed by atoms with E-state index in [4.69, 9.17) is 5.73 Å². The van der Waals surface area contributed by atoms with Crippen LogP contribution in [0.1, 0.15) is 11.6 Å². The van der Waals surface area contributed by atoms with Crippen molar-refractivity contribution in [2.45, 2.75) is 25.7 Å². The molecule has 136 valence electrons. The Morgan fingerprint density at radius 1 is 1.23 bits per heavy atom. The summed E-state index contributed by atoms with van der Waals surface area (Å²) in [5.74, 6) is -0.666. The molecule has 0 spiro atoms. The minimum Gasteiger partial charge on any atom is -0.324 e. The van der Waals surface area contributed by atoms with E-state index in [9.17, 15) is 9.18 Å². The van der Waals surface area contributed by atoms with E-state index in [0.717, 1.165) is 16.1 Å². The van der Waals surface area contributed by atoms with Crippen molar-refractivity contribution in [1.82, 2.24) is 9.78 Å². The van der Waals surface area contributed by atoms with Crippen molar-refractivity contribution in [3.63, 3.8) is 0 Å². The lowest BCUT2D eigenvalue weighted by Crippen LogP contribution is -2.40.